The number of anilines is 2. The van der Waals surface area contributed by atoms with Gasteiger partial charge in [-0.2, -0.15) is 0 Å². The van der Waals surface area contributed by atoms with Gasteiger partial charge in [-0.05, 0) is 63.1 Å². The molecule has 2 N–H and O–H groups in total. The normalized spacial score (nSPS) is 18.8. The van der Waals surface area contributed by atoms with Gasteiger partial charge >= 0.3 is 0 Å². The minimum Gasteiger partial charge on any atom is -0.493 e. The molecule has 0 fully saturated rings. The standard InChI is InChI=1S/C22H28N4O2/c1-22(23-2)11-10-17-16(13-22)15-7-9-20(25-21(15)26(17)3)24-14-6-8-18(27-4)19(12-14)28-5/h6-9,12,23H,10-11,13H2,1-5H3,(H,24,25). The number of likely N-dealkylation sites (N-methyl/N-ethyl adjacent to an activating group) is 1. The summed E-state index contributed by atoms with van der Waals surface area (Å²) in [7, 11) is 7.45. The molecule has 0 radical (unpaired) electrons. The van der Waals surface area contributed by atoms with Crippen LogP contribution in [0.5, 0.6) is 11.5 Å². The molecule has 2 heterocycles. The lowest BCUT2D eigenvalue weighted by Crippen LogP contribution is -2.44. The van der Waals surface area contributed by atoms with E-state index in [9.17, 15) is 0 Å². The molecule has 6 nitrogen and oxygen atoms in total. The van der Waals surface area contributed by atoms with Crippen LogP contribution in [0.3, 0.4) is 0 Å². The summed E-state index contributed by atoms with van der Waals surface area (Å²) < 4.78 is 13.0. The molecule has 0 bridgehead atoms. The zero-order chi connectivity index (χ0) is 19.9. The van der Waals surface area contributed by atoms with Crippen LogP contribution >= 0.6 is 0 Å². The topological polar surface area (TPSA) is 60.3 Å². The monoisotopic (exact) mass is 380 g/mol. The summed E-state index contributed by atoms with van der Waals surface area (Å²) in [5.41, 5.74) is 4.91. The van der Waals surface area contributed by atoms with E-state index in [-0.39, 0.29) is 5.54 Å². The lowest BCUT2D eigenvalue weighted by Gasteiger charge is -2.33. The van der Waals surface area contributed by atoms with Crippen molar-refractivity contribution in [3.8, 4) is 11.5 Å². The number of rotatable bonds is 5. The molecule has 0 amide bonds. The van der Waals surface area contributed by atoms with Gasteiger partial charge < -0.3 is 24.7 Å². The molecule has 6 heteroatoms. The Kier molecular flexibility index (Phi) is 4.67. The molecule has 1 aliphatic rings. The van der Waals surface area contributed by atoms with E-state index < -0.39 is 0 Å². The Morgan fingerprint density at radius 3 is 2.61 bits per heavy atom. The van der Waals surface area contributed by atoms with Crippen LogP contribution in [0.25, 0.3) is 11.0 Å². The second-order valence-corrected chi connectivity index (χ2v) is 7.73. The molecule has 0 saturated heterocycles. The van der Waals surface area contributed by atoms with Crippen LogP contribution < -0.4 is 20.1 Å². The van der Waals surface area contributed by atoms with Crippen molar-refractivity contribution in [3.05, 3.63) is 41.6 Å². The molecule has 1 aliphatic carbocycles. The van der Waals surface area contributed by atoms with Gasteiger partial charge in [-0.3, -0.25) is 0 Å². The molecule has 28 heavy (non-hydrogen) atoms. The van der Waals surface area contributed by atoms with E-state index in [2.05, 4.69) is 42.3 Å². The van der Waals surface area contributed by atoms with Crippen LogP contribution in [0, 0.1) is 0 Å². The molecule has 3 aromatic rings. The van der Waals surface area contributed by atoms with Crippen molar-refractivity contribution in [2.75, 3.05) is 26.6 Å². The van der Waals surface area contributed by atoms with Crippen LogP contribution in [0.4, 0.5) is 11.5 Å². The highest BCUT2D eigenvalue weighted by Gasteiger charge is 2.32. The fourth-order valence-electron chi connectivity index (χ4n) is 4.16. The minimum absolute atomic E-state index is 0.151. The van der Waals surface area contributed by atoms with Gasteiger partial charge in [-0.25, -0.2) is 4.98 Å². The quantitative estimate of drug-likeness (QED) is 0.705. The number of aromatic nitrogens is 2. The molecule has 1 unspecified atom stereocenters. The number of methoxy groups -OCH3 is 2. The Hall–Kier alpha value is -2.73. The summed E-state index contributed by atoms with van der Waals surface area (Å²) in [6.07, 6.45) is 3.23. The lowest BCUT2D eigenvalue weighted by atomic mass is 9.81. The maximum atomic E-state index is 5.39. The van der Waals surface area contributed by atoms with E-state index in [1.165, 1.54) is 16.6 Å². The molecule has 1 aromatic carbocycles. The van der Waals surface area contributed by atoms with Crippen LogP contribution in [0.15, 0.2) is 30.3 Å². The Morgan fingerprint density at radius 1 is 1.11 bits per heavy atom. The Morgan fingerprint density at radius 2 is 1.89 bits per heavy atom. The average Bonchev–Trinajstić information content (AvgIpc) is 2.98. The number of fused-ring (bicyclic) bond motifs is 3. The average molecular weight is 380 g/mol. The van der Waals surface area contributed by atoms with Crippen molar-refractivity contribution in [3.63, 3.8) is 0 Å². The number of hydrogen-bond acceptors (Lipinski definition) is 5. The summed E-state index contributed by atoms with van der Waals surface area (Å²) in [6, 6.07) is 10.00. The third-order valence-electron chi connectivity index (χ3n) is 6.01. The predicted octanol–water partition coefficient (Wildman–Crippen LogP) is 3.80. The van der Waals surface area contributed by atoms with Gasteiger partial charge in [0.2, 0.25) is 0 Å². The van der Waals surface area contributed by atoms with Gasteiger partial charge in [0.25, 0.3) is 0 Å². The summed E-state index contributed by atoms with van der Waals surface area (Å²) in [5, 5.41) is 8.13. The number of pyridine rings is 1. The highest BCUT2D eigenvalue weighted by molar-refractivity contribution is 5.84. The van der Waals surface area contributed by atoms with Crippen LogP contribution in [-0.4, -0.2) is 36.4 Å². The van der Waals surface area contributed by atoms with E-state index in [1.54, 1.807) is 14.2 Å². The van der Waals surface area contributed by atoms with Crippen LogP contribution in [-0.2, 0) is 19.9 Å². The van der Waals surface area contributed by atoms with Crippen molar-refractivity contribution < 1.29 is 9.47 Å². The van der Waals surface area contributed by atoms with Crippen molar-refractivity contribution in [1.82, 2.24) is 14.9 Å². The van der Waals surface area contributed by atoms with Gasteiger partial charge in [0, 0.05) is 35.4 Å². The molecule has 1 atom stereocenters. The first kappa shape index (κ1) is 18.6. The Balaban J connectivity index is 1.69. The van der Waals surface area contributed by atoms with E-state index in [4.69, 9.17) is 14.5 Å². The van der Waals surface area contributed by atoms with Crippen LogP contribution in [0.2, 0.25) is 0 Å². The summed E-state index contributed by atoms with van der Waals surface area (Å²) in [6.45, 7) is 2.30. The number of ether oxygens (including phenoxy) is 2. The fraction of sp³-hybridized carbons (Fsp3) is 0.409. The van der Waals surface area contributed by atoms with Gasteiger partial charge in [-0.15, -0.1) is 0 Å². The molecule has 0 spiro atoms. The first-order valence-electron chi connectivity index (χ1n) is 9.63. The van der Waals surface area contributed by atoms with Crippen molar-refractivity contribution in [1.29, 1.82) is 0 Å². The number of nitrogens with one attached hydrogen (secondary N) is 2. The van der Waals surface area contributed by atoms with E-state index in [1.807, 2.05) is 24.3 Å². The van der Waals surface area contributed by atoms with Crippen molar-refractivity contribution in [2.24, 2.45) is 7.05 Å². The van der Waals surface area contributed by atoms with Crippen LogP contribution in [0.1, 0.15) is 24.6 Å². The van der Waals surface area contributed by atoms with E-state index in [0.717, 1.165) is 36.4 Å². The third kappa shape index (κ3) is 3.07. The molecule has 0 saturated carbocycles. The zero-order valence-corrected chi connectivity index (χ0v) is 17.2. The number of nitrogens with zero attached hydrogens (tertiary/aromatic N) is 2. The Bertz CT molecular complexity index is 1030. The van der Waals surface area contributed by atoms with Gasteiger partial charge in [0.1, 0.15) is 11.5 Å². The van der Waals surface area contributed by atoms with Crippen molar-refractivity contribution >= 4 is 22.5 Å². The van der Waals surface area contributed by atoms with Crippen molar-refractivity contribution in [2.45, 2.75) is 31.7 Å². The maximum Gasteiger partial charge on any atom is 0.162 e. The first-order valence-corrected chi connectivity index (χ1v) is 9.63. The molecular weight excluding hydrogens is 352 g/mol. The summed E-state index contributed by atoms with van der Waals surface area (Å²) in [4.78, 5) is 4.91. The highest BCUT2D eigenvalue weighted by Crippen LogP contribution is 2.36. The lowest BCUT2D eigenvalue weighted by molar-refractivity contribution is 0.336. The minimum atomic E-state index is 0.151. The van der Waals surface area contributed by atoms with E-state index >= 15 is 0 Å². The second kappa shape index (κ2) is 7.02. The molecule has 148 valence electrons. The summed E-state index contributed by atoms with van der Waals surface area (Å²) >= 11 is 0. The molecule has 0 aliphatic heterocycles. The molecule has 4 rings (SSSR count). The third-order valence-corrected chi connectivity index (χ3v) is 6.01. The number of benzene rings is 1. The van der Waals surface area contributed by atoms with Gasteiger partial charge in [0.15, 0.2) is 11.5 Å². The highest BCUT2D eigenvalue weighted by atomic mass is 16.5. The SMILES string of the molecule is CNC1(C)CCc2c(c3ccc(Nc4ccc(OC)c(OC)c4)nc3n2C)C1. The summed E-state index contributed by atoms with van der Waals surface area (Å²) in [5.74, 6) is 2.21. The maximum absolute atomic E-state index is 5.39. The molecule has 2 aromatic heterocycles. The second-order valence-electron chi connectivity index (χ2n) is 7.73. The predicted molar refractivity (Wildman–Crippen MR) is 113 cm³/mol. The smallest absolute Gasteiger partial charge is 0.162 e. The fourth-order valence-corrected chi connectivity index (χ4v) is 4.16. The Labute approximate surface area is 165 Å². The van der Waals surface area contributed by atoms with Gasteiger partial charge in [0.05, 0.1) is 14.2 Å². The largest absolute Gasteiger partial charge is 0.493 e. The number of aryl methyl sites for hydroxylation is 1. The zero-order valence-electron chi connectivity index (χ0n) is 17.2. The number of hydrogen-bond donors (Lipinski definition) is 2. The first-order chi connectivity index (χ1) is 13.5. The van der Waals surface area contributed by atoms with E-state index in [0.29, 0.717) is 11.5 Å². The molecular formula is C22H28N4O2. The van der Waals surface area contributed by atoms with Gasteiger partial charge in [-0.1, -0.05) is 0 Å².